The van der Waals surface area contributed by atoms with Gasteiger partial charge < -0.3 is 4.90 Å². The summed E-state index contributed by atoms with van der Waals surface area (Å²) in [5.74, 6) is 5.31. The van der Waals surface area contributed by atoms with Crippen LogP contribution in [0.4, 0.5) is 5.95 Å². The number of nitrogens with zero attached hydrogens (tertiary/aromatic N) is 6. The van der Waals surface area contributed by atoms with Gasteiger partial charge in [0.2, 0.25) is 5.95 Å². The SMILES string of the molecule is CCc1nnc(N2C[C@H](c3nc(C4CC4)n[nH]3)[C@@H](C3CC3)C2)nc1CC. The summed E-state index contributed by atoms with van der Waals surface area (Å²) in [6.45, 7) is 6.17. The van der Waals surface area contributed by atoms with Gasteiger partial charge in [0.05, 0.1) is 11.4 Å². The fourth-order valence-electron chi connectivity index (χ4n) is 4.32. The van der Waals surface area contributed by atoms with E-state index in [-0.39, 0.29) is 0 Å². The van der Waals surface area contributed by atoms with Crippen molar-refractivity contribution >= 4 is 5.95 Å². The van der Waals surface area contributed by atoms with Gasteiger partial charge in [0, 0.05) is 24.9 Å². The van der Waals surface area contributed by atoms with Gasteiger partial charge in [-0.15, -0.1) is 5.10 Å². The third-order valence-electron chi connectivity index (χ3n) is 6.19. The Kier molecular flexibility index (Phi) is 3.90. The van der Waals surface area contributed by atoms with Crippen LogP contribution in [0.15, 0.2) is 0 Å². The zero-order valence-corrected chi connectivity index (χ0v) is 15.6. The van der Waals surface area contributed by atoms with Gasteiger partial charge in [-0.1, -0.05) is 13.8 Å². The Labute approximate surface area is 154 Å². The van der Waals surface area contributed by atoms with Gasteiger partial charge in [-0.05, 0) is 50.4 Å². The number of nitrogens with one attached hydrogen (secondary N) is 1. The van der Waals surface area contributed by atoms with E-state index in [4.69, 9.17) is 9.97 Å². The fraction of sp³-hybridized carbons (Fsp3) is 0.737. The Morgan fingerprint density at radius 1 is 0.962 bits per heavy atom. The number of aromatic nitrogens is 6. The van der Waals surface area contributed by atoms with Crippen molar-refractivity contribution in [2.24, 2.45) is 11.8 Å². The first-order valence-electron chi connectivity index (χ1n) is 10.2. The van der Waals surface area contributed by atoms with Crippen molar-refractivity contribution in [2.75, 3.05) is 18.0 Å². The van der Waals surface area contributed by atoms with Crippen molar-refractivity contribution < 1.29 is 0 Å². The predicted octanol–water partition coefficient (Wildman–Crippen LogP) is 2.62. The number of aryl methyl sites for hydroxylation is 2. The van der Waals surface area contributed by atoms with E-state index < -0.39 is 0 Å². The second kappa shape index (κ2) is 6.28. The zero-order valence-electron chi connectivity index (χ0n) is 15.6. The van der Waals surface area contributed by atoms with E-state index in [2.05, 4.69) is 39.1 Å². The highest BCUT2D eigenvalue weighted by molar-refractivity contribution is 5.35. The maximum atomic E-state index is 4.85. The highest BCUT2D eigenvalue weighted by atomic mass is 15.3. The topological polar surface area (TPSA) is 83.5 Å². The van der Waals surface area contributed by atoms with Gasteiger partial charge in [-0.2, -0.15) is 10.2 Å². The summed E-state index contributed by atoms with van der Waals surface area (Å²) in [6, 6.07) is 0. The maximum absolute atomic E-state index is 4.85. The average Bonchev–Trinajstić information content (AvgIpc) is 3.61. The second-order valence-electron chi connectivity index (χ2n) is 8.08. The van der Waals surface area contributed by atoms with E-state index in [0.29, 0.717) is 17.8 Å². The second-order valence-corrected chi connectivity index (χ2v) is 8.08. The number of hydrogen-bond acceptors (Lipinski definition) is 6. The Morgan fingerprint density at radius 3 is 2.46 bits per heavy atom. The molecule has 1 aliphatic heterocycles. The van der Waals surface area contributed by atoms with Crippen LogP contribution in [0.3, 0.4) is 0 Å². The average molecular weight is 353 g/mol. The smallest absolute Gasteiger partial charge is 0.245 e. The summed E-state index contributed by atoms with van der Waals surface area (Å²) in [6.07, 6.45) is 6.95. The summed E-state index contributed by atoms with van der Waals surface area (Å²) in [5.41, 5.74) is 2.11. The van der Waals surface area contributed by atoms with Crippen LogP contribution >= 0.6 is 0 Å². The molecule has 3 fully saturated rings. The van der Waals surface area contributed by atoms with Crippen molar-refractivity contribution in [3.63, 3.8) is 0 Å². The molecule has 138 valence electrons. The quantitative estimate of drug-likeness (QED) is 0.859. The Morgan fingerprint density at radius 2 is 1.77 bits per heavy atom. The lowest BCUT2D eigenvalue weighted by atomic mass is 9.91. The molecule has 0 bridgehead atoms. The summed E-state index contributed by atoms with van der Waals surface area (Å²) in [4.78, 5) is 12.0. The van der Waals surface area contributed by atoms with Gasteiger partial charge in [-0.3, -0.25) is 5.10 Å². The molecule has 1 saturated heterocycles. The van der Waals surface area contributed by atoms with Crippen LogP contribution in [0, 0.1) is 11.8 Å². The number of anilines is 1. The van der Waals surface area contributed by atoms with Crippen LogP contribution in [0.1, 0.15) is 74.4 Å². The Bertz CT molecular complexity index is 793. The summed E-state index contributed by atoms with van der Waals surface area (Å²) in [5, 5.41) is 16.6. The monoisotopic (exact) mass is 353 g/mol. The van der Waals surface area contributed by atoms with Gasteiger partial charge >= 0.3 is 0 Å². The van der Waals surface area contributed by atoms with Crippen molar-refractivity contribution in [3.05, 3.63) is 23.0 Å². The van der Waals surface area contributed by atoms with E-state index >= 15 is 0 Å². The molecule has 0 spiro atoms. The molecule has 7 heteroatoms. The summed E-state index contributed by atoms with van der Waals surface area (Å²) in [7, 11) is 0. The molecule has 7 nitrogen and oxygen atoms in total. The van der Waals surface area contributed by atoms with Crippen molar-refractivity contribution in [1.29, 1.82) is 0 Å². The third kappa shape index (κ3) is 2.87. The van der Waals surface area contributed by atoms with E-state index in [9.17, 15) is 0 Å². The number of H-pyrrole nitrogens is 1. The Hall–Kier alpha value is -2.05. The molecule has 2 aliphatic carbocycles. The minimum absolute atomic E-state index is 0.405. The van der Waals surface area contributed by atoms with Crippen molar-refractivity contribution in [3.8, 4) is 0 Å². The Balaban J connectivity index is 1.41. The zero-order chi connectivity index (χ0) is 17.7. The molecule has 3 aliphatic rings. The van der Waals surface area contributed by atoms with E-state index in [1.807, 2.05) is 0 Å². The lowest BCUT2D eigenvalue weighted by Gasteiger charge is -2.16. The largest absolute Gasteiger partial charge is 0.338 e. The van der Waals surface area contributed by atoms with E-state index in [0.717, 1.165) is 60.8 Å². The molecule has 3 heterocycles. The highest BCUT2D eigenvalue weighted by Crippen LogP contribution is 2.48. The normalized spacial score (nSPS) is 25.8. The molecule has 26 heavy (non-hydrogen) atoms. The molecule has 2 atom stereocenters. The van der Waals surface area contributed by atoms with Gasteiger partial charge in [-0.25, -0.2) is 9.97 Å². The minimum Gasteiger partial charge on any atom is -0.338 e. The minimum atomic E-state index is 0.405. The number of rotatable bonds is 6. The molecule has 5 rings (SSSR count). The van der Waals surface area contributed by atoms with Gasteiger partial charge in [0.25, 0.3) is 0 Å². The fourth-order valence-corrected chi connectivity index (χ4v) is 4.32. The lowest BCUT2D eigenvalue weighted by Crippen LogP contribution is -2.24. The van der Waals surface area contributed by atoms with Gasteiger partial charge in [0.1, 0.15) is 5.82 Å². The number of hydrogen-bond donors (Lipinski definition) is 1. The molecule has 2 aromatic heterocycles. The molecule has 1 N–H and O–H groups in total. The van der Waals surface area contributed by atoms with E-state index in [1.54, 1.807) is 0 Å². The number of aromatic amines is 1. The lowest BCUT2D eigenvalue weighted by molar-refractivity contribution is 0.444. The maximum Gasteiger partial charge on any atom is 0.245 e. The first-order valence-corrected chi connectivity index (χ1v) is 10.2. The van der Waals surface area contributed by atoms with Crippen LogP contribution in [0.5, 0.6) is 0 Å². The molecular formula is C19H27N7. The van der Waals surface area contributed by atoms with Crippen molar-refractivity contribution in [2.45, 2.75) is 64.2 Å². The predicted molar refractivity (Wildman–Crippen MR) is 98.1 cm³/mol. The van der Waals surface area contributed by atoms with Crippen molar-refractivity contribution in [1.82, 2.24) is 30.4 Å². The van der Waals surface area contributed by atoms with E-state index in [1.165, 1.54) is 25.7 Å². The molecule has 0 unspecified atom stereocenters. The first-order chi connectivity index (χ1) is 12.8. The summed E-state index contributed by atoms with van der Waals surface area (Å²) < 4.78 is 0. The first kappa shape index (κ1) is 16.1. The molecule has 2 saturated carbocycles. The van der Waals surface area contributed by atoms with Crippen LogP contribution in [0.25, 0.3) is 0 Å². The standard InChI is InChI=1S/C19H27N7/c1-3-15-16(4-2)22-25-19(20-15)26-9-13(11-5-6-11)14(10-26)18-21-17(23-24-18)12-7-8-12/h11-14H,3-10H2,1-2H3,(H,21,23,24)/t13-,14+/m1/s1. The van der Waals surface area contributed by atoms with Gasteiger partial charge in [0.15, 0.2) is 5.82 Å². The highest BCUT2D eigenvalue weighted by Gasteiger charge is 2.45. The van der Waals surface area contributed by atoms with Crippen LogP contribution in [0.2, 0.25) is 0 Å². The summed E-state index contributed by atoms with van der Waals surface area (Å²) >= 11 is 0. The third-order valence-corrected chi connectivity index (χ3v) is 6.19. The molecule has 2 aromatic rings. The molecular weight excluding hydrogens is 326 g/mol. The molecule has 0 amide bonds. The van der Waals surface area contributed by atoms with Crippen LogP contribution in [-0.4, -0.2) is 43.5 Å². The molecule has 0 radical (unpaired) electrons. The van der Waals surface area contributed by atoms with Crippen LogP contribution in [-0.2, 0) is 12.8 Å². The van der Waals surface area contributed by atoms with Crippen LogP contribution < -0.4 is 4.90 Å². The molecule has 0 aromatic carbocycles.